The maximum absolute atomic E-state index is 12.8. The first-order valence-electron chi connectivity index (χ1n) is 10.3. The minimum absolute atomic E-state index is 0.139. The molecule has 2 aliphatic heterocycles. The van der Waals surface area contributed by atoms with Gasteiger partial charge in [0, 0.05) is 11.1 Å². The largest absolute Gasteiger partial charge is 0.497 e. The second-order valence-electron chi connectivity index (χ2n) is 7.56. The van der Waals surface area contributed by atoms with Gasteiger partial charge in [0.25, 0.3) is 0 Å². The molecule has 2 heterocycles. The number of fused-ring (bicyclic) bond motifs is 2. The maximum atomic E-state index is 12.8. The molecule has 0 spiro atoms. The molecule has 0 unspecified atom stereocenters. The number of benzene rings is 3. The van der Waals surface area contributed by atoms with Crippen LogP contribution in [0.3, 0.4) is 0 Å². The van der Waals surface area contributed by atoms with Crippen molar-refractivity contribution in [1.82, 2.24) is 0 Å². The van der Waals surface area contributed by atoms with Crippen LogP contribution in [0.15, 0.2) is 60.4 Å². The molecule has 0 radical (unpaired) electrons. The van der Waals surface area contributed by atoms with E-state index in [4.69, 9.17) is 23.7 Å². The van der Waals surface area contributed by atoms with Gasteiger partial charge in [-0.25, -0.2) is 0 Å². The van der Waals surface area contributed by atoms with Gasteiger partial charge in [-0.2, -0.15) is 0 Å². The van der Waals surface area contributed by atoms with Crippen LogP contribution in [-0.4, -0.2) is 32.1 Å². The number of hydrogen-bond donors (Lipinski definition) is 0. The van der Waals surface area contributed by atoms with Crippen LogP contribution in [0.1, 0.15) is 31.8 Å². The molecule has 0 fully saturated rings. The van der Waals surface area contributed by atoms with Crippen LogP contribution >= 0.6 is 0 Å². The van der Waals surface area contributed by atoms with Gasteiger partial charge in [-0.1, -0.05) is 6.07 Å². The molecule has 33 heavy (non-hydrogen) atoms. The average Bonchev–Trinajstić information content (AvgIpc) is 3.43. The van der Waals surface area contributed by atoms with Gasteiger partial charge >= 0.3 is 0 Å². The molecule has 0 saturated carbocycles. The van der Waals surface area contributed by atoms with Crippen molar-refractivity contribution in [2.75, 3.05) is 20.5 Å². The van der Waals surface area contributed by atoms with Crippen molar-refractivity contribution >= 4 is 17.6 Å². The van der Waals surface area contributed by atoms with Gasteiger partial charge < -0.3 is 23.7 Å². The number of hydrogen-bond acceptors (Lipinski definition) is 7. The summed E-state index contributed by atoms with van der Waals surface area (Å²) in [5.74, 6) is 2.70. The SMILES string of the molecule is COc1ccc(C(=O)COc2ccc3c(c2C)O/C(=C\c2ccc4c(c2)OCO4)C3=O)cc1. The molecule has 0 amide bonds. The normalized spacial score (nSPS) is 14.7. The van der Waals surface area contributed by atoms with Gasteiger partial charge in [0.2, 0.25) is 12.6 Å². The second kappa shape index (κ2) is 8.35. The maximum Gasteiger partial charge on any atom is 0.231 e. The molecule has 3 aromatic carbocycles. The monoisotopic (exact) mass is 444 g/mol. The molecule has 0 aliphatic carbocycles. The second-order valence-corrected chi connectivity index (χ2v) is 7.56. The standard InChI is InChI=1S/C26H20O7/c1-15-21(30-13-20(27)17-4-6-18(29-2)7-5-17)10-8-19-25(28)24(33-26(15)19)12-16-3-9-22-23(11-16)32-14-31-22/h3-12H,13-14H2,1-2H3/b24-12-. The van der Waals surface area contributed by atoms with Crippen molar-refractivity contribution < 1.29 is 33.3 Å². The van der Waals surface area contributed by atoms with E-state index in [1.165, 1.54) is 0 Å². The summed E-state index contributed by atoms with van der Waals surface area (Å²) in [5, 5.41) is 0. The Kier molecular flexibility index (Phi) is 5.22. The fourth-order valence-corrected chi connectivity index (χ4v) is 3.68. The molecule has 5 rings (SSSR count). The highest BCUT2D eigenvalue weighted by atomic mass is 16.7. The van der Waals surface area contributed by atoms with Gasteiger partial charge in [0.05, 0.1) is 12.7 Å². The first-order valence-corrected chi connectivity index (χ1v) is 10.3. The third-order valence-corrected chi connectivity index (χ3v) is 5.50. The van der Waals surface area contributed by atoms with E-state index >= 15 is 0 Å². The molecule has 0 N–H and O–H groups in total. The van der Waals surface area contributed by atoms with Crippen LogP contribution in [0.4, 0.5) is 0 Å². The molecule has 7 heteroatoms. The fraction of sp³-hybridized carbons (Fsp3) is 0.154. The van der Waals surface area contributed by atoms with Crippen LogP contribution < -0.4 is 23.7 Å². The number of carbonyl (C=O) groups excluding carboxylic acids is 2. The highest BCUT2D eigenvalue weighted by Gasteiger charge is 2.30. The van der Waals surface area contributed by atoms with E-state index in [-0.39, 0.29) is 30.7 Å². The molecule has 7 nitrogen and oxygen atoms in total. The van der Waals surface area contributed by atoms with E-state index in [9.17, 15) is 9.59 Å². The van der Waals surface area contributed by atoms with Gasteiger partial charge in [0.1, 0.15) is 17.2 Å². The van der Waals surface area contributed by atoms with E-state index in [1.807, 2.05) is 6.07 Å². The summed E-state index contributed by atoms with van der Waals surface area (Å²) in [7, 11) is 1.57. The van der Waals surface area contributed by atoms with Gasteiger partial charge in [0.15, 0.2) is 29.6 Å². The lowest BCUT2D eigenvalue weighted by atomic mass is 10.1. The number of methoxy groups -OCH3 is 1. The predicted molar refractivity (Wildman–Crippen MR) is 119 cm³/mol. The van der Waals surface area contributed by atoms with E-state index < -0.39 is 0 Å². The number of Topliss-reactive ketones (excluding diaryl/α,β-unsaturated/α-hetero) is 2. The van der Waals surface area contributed by atoms with Gasteiger partial charge in [-0.3, -0.25) is 9.59 Å². The Morgan fingerprint density at radius 3 is 2.61 bits per heavy atom. The van der Waals surface area contributed by atoms with Gasteiger partial charge in [-0.15, -0.1) is 0 Å². The number of allylic oxidation sites excluding steroid dienone is 1. The Labute approximate surface area is 190 Å². The fourth-order valence-electron chi connectivity index (χ4n) is 3.68. The summed E-state index contributed by atoms with van der Waals surface area (Å²) >= 11 is 0. The van der Waals surface area contributed by atoms with Crippen molar-refractivity contribution in [1.29, 1.82) is 0 Å². The summed E-state index contributed by atoms with van der Waals surface area (Å²) in [4.78, 5) is 25.3. The number of carbonyl (C=O) groups is 2. The molecule has 2 aliphatic rings. The Balaban J connectivity index is 1.32. The lowest BCUT2D eigenvalue weighted by molar-refractivity contribution is 0.0920. The first-order chi connectivity index (χ1) is 16.0. The first kappa shape index (κ1) is 20.6. The Morgan fingerprint density at radius 1 is 1.03 bits per heavy atom. The molecule has 3 aromatic rings. The molecule has 0 saturated heterocycles. The van der Waals surface area contributed by atoms with Crippen molar-refractivity contribution in [2.24, 2.45) is 0 Å². The van der Waals surface area contributed by atoms with Crippen LogP contribution in [0.25, 0.3) is 6.08 Å². The number of ketones is 2. The lowest BCUT2D eigenvalue weighted by Crippen LogP contribution is -2.12. The predicted octanol–water partition coefficient (Wildman–Crippen LogP) is 4.61. The van der Waals surface area contributed by atoms with E-state index in [1.54, 1.807) is 68.6 Å². The van der Waals surface area contributed by atoms with Gasteiger partial charge in [-0.05, 0) is 67.1 Å². The number of rotatable bonds is 6. The average molecular weight is 444 g/mol. The summed E-state index contributed by atoms with van der Waals surface area (Å²) in [6, 6.07) is 15.6. The molecule has 0 aromatic heterocycles. The topological polar surface area (TPSA) is 80.3 Å². The van der Waals surface area contributed by atoms with Crippen molar-refractivity contribution in [2.45, 2.75) is 6.92 Å². The third-order valence-electron chi connectivity index (χ3n) is 5.50. The van der Waals surface area contributed by atoms with Crippen molar-refractivity contribution in [3.8, 4) is 28.7 Å². The smallest absolute Gasteiger partial charge is 0.231 e. The highest BCUT2D eigenvalue weighted by Crippen LogP contribution is 2.40. The zero-order valence-electron chi connectivity index (χ0n) is 18.0. The van der Waals surface area contributed by atoms with Crippen LogP contribution in [0.5, 0.6) is 28.7 Å². The summed E-state index contributed by atoms with van der Waals surface area (Å²) in [6.07, 6.45) is 1.66. The molecule has 166 valence electrons. The van der Waals surface area contributed by atoms with Crippen molar-refractivity contribution in [3.63, 3.8) is 0 Å². The third kappa shape index (κ3) is 3.89. The molecular weight excluding hydrogens is 424 g/mol. The Hall–Kier alpha value is -4.26. The van der Waals surface area contributed by atoms with E-state index in [0.29, 0.717) is 45.4 Å². The van der Waals surface area contributed by atoms with E-state index in [0.717, 1.165) is 5.56 Å². The summed E-state index contributed by atoms with van der Waals surface area (Å²) in [6.45, 7) is 1.84. The van der Waals surface area contributed by atoms with Crippen LogP contribution in [-0.2, 0) is 0 Å². The minimum Gasteiger partial charge on any atom is -0.497 e. The zero-order chi connectivity index (χ0) is 22.9. The summed E-state index contributed by atoms with van der Waals surface area (Å²) < 4.78 is 27.5. The van der Waals surface area contributed by atoms with Crippen LogP contribution in [0, 0.1) is 6.92 Å². The van der Waals surface area contributed by atoms with Crippen LogP contribution in [0.2, 0.25) is 0 Å². The Bertz CT molecular complexity index is 1290. The highest BCUT2D eigenvalue weighted by molar-refractivity contribution is 6.15. The Morgan fingerprint density at radius 2 is 1.82 bits per heavy atom. The molecule has 0 atom stereocenters. The zero-order valence-corrected chi connectivity index (χ0v) is 18.0. The number of ether oxygens (including phenoxy) is 5. The lowest BCUT2D eigenvalue weighted by Gasteiger charge is -2.11. The van der Waals surface area contributed by atoms with Crippen molar-refractivity contribution in [3.05, 3.63) is 82.6 Å². The minimum atomic E-state index is -0.216. The molecular formula is C26H20O7. The van der Waals surface area contributed by atoms with E-state index in [2.05, 4.69) is 0 Å². The molecule has 0 bridgehead atoms. The summed E-state index contributed by atoms with van der Waals surface area (Å²) in [5.41, 5.74) is 2.38. The quantitative estimate of drug-likeness (QED) is 0.406.